The number of ether oxygens (including phenoxy) is 1. The molecule has 0 aliphatic heterocycles. The summed E-state index contributed by atoms with van der Waals surface area (Å²) in [5.74, 6) is -0.661. The number of aliphatic hydroxyl groups excluding tert-OH is 1. The van der Waals surface area contributed by atoms with Gasteiger partial charge in [0.1, 0.15) is 0 Å². The average molecular weight is 237 g/mol. The van der Waals surface area contributed by atoms with Gasteiger partial charge in [-0.2, -0.15) is 0 Å². The number of rotatable bonds is 4. The fourth-order valence-corrected chi connectivity index (χ4v) is 1.27. The molecule has 0 spiro atoms. The van der Waals surface area contributed by atoms with Crippen LogP contribution in [0.4, 0.5) is 5.69 Å². The third kappa shape index (κ3) is 3.12. The fourth-order valence-electron chi connectivity index (χ4n) is 1.27. The molecule has 1 N–H and O–H groups in total. The van der Waals surface area contributed by atoms with Crippen molar-refractivity contribution in [3.05, 3.63) is 45.5 Å². The van der Waals surface area contributed by atoms with Crippen LogP contribution in [0, 0.1) is 10.1 Å². The van der Waals surface area contributed by atoms with Gasteiger partial charge in [-0.3, -0.25) is 10.1 Å². The normalized spacial score (nSPS) is 10.5. The largest absolute Gasteiger partial charge is 0.465 e. The number of nitro benzene ring substituents is 1. The molecule has 0 bridgehead atoms. The number of carbonyl (C=O) groups excluding carboxylic acids is 1. The zero-order valence-corrected chi connectivity index (χ0v) is 9.12. The fraction of sp³-hybridized carbons (Fsp3) is 0.182. The predicted molar refractivity (Wildman–Crippen MR) is 60.6 cm³/mol. The van der Waals surface area contributed by atoms with Gasteiger partial charge in [0.05, 0.1) is 24.2 Å². The van der Waals surface area contributed by atoms with Gasteiger partial charge in [-0.05, 0) is 11.6 Å². The Morgan fingerprint density at radius 2 is 2.29 bits per heavy atom. The van der Waals surface area contributed by atoms with Gasteiger partial charge in [0.2, 0.25) is 0 Å². The van der Waals surface area contributed by atoms with Crippen molar-refractivity contribution in [3.8, 4) is 0 Å². The van der Waals surface area contributed by atoms with Gasteiger partial charge >= 0.3 is 5.97 Å². The van der Waals surface area contributed by atoms with E-state index in [1.807, 2.05) is 0 Å². The van der Waals surface area contributed by atoms with Crippen LogP contribution < -0.4 is 0 Å². The van der Waals surface area contributed by atoms with Crippen LogP contribution in [-0.2, 0) is 4.74 Å². The highest BCUT2D eigenvalue weighted by Crippen LogP contribution is 2.19. The Morgan fingerprint density at radius 1 is 1.59 bits per heavy atom. The second kappa shape index (κ2) is 5.76. The van der Waals surface area contributed by atoms with Crippen LogP contribution in [0.2, 0.25) is 0 Å². The minimum Gasteiger partial charge on any atom is -0.465 e. The molecule has 0 heterocycles. The lowest BCUT2D eigenvalue weighted by molar-refractivity contribution is -0.384. The number of esters is 1. The van der Waals surface area contributed by atoms with Gasteiger partial charge in [0.15, 0.2) is 0 Å². The van der Waals surface area contributed by atoms with E-state index in [9.17, 15) is 14.9 Å². The van der Waals surface area contributed by atoms with Gasteiger partial charge in [-0.15, -0.1) is 0 Å². The van der Waals surface area contributed by atoms with Crippen molar-refractivity contribution < 1.29 is 19.6 Å². The summed E-state index contributed by atoms with van der Waals surface area (Å²) < 4.78 is 4.53. The first-order valence-corrected chi connectivity index (χ1v) is 4.74. The maximum absolute atomic E-state index is 11.4. The van der Waals surface area contributed by atoms with E-state index in [1.54, 1.807) is 0 Å². The Hall–Kier alpha value is -2.21. The van der Waals surface area contributed by atoms with Crippen LogP contribution in [0.15, 0.2) is 24.3 Å². The lowest BCUT2D eigenvalue weighted by Gasteiger charge is -2.03. The lowest BCUT2D eigenvalue weighted by Crippen LogP contribution is -2.04. The molecule has 0 fully saturated rings. The van der Waals surface area contributed by atoms with Crippen LogP contribution in [0.25, 0.3) is 6.08 Å². The van der Waals surface area contributed by atoms with Crippen molar-refractivity contribution in [3.63, 3.8) is 0 Å². The lowest BCUT2D eigenvalue weighted by atomic mass is 10.1. The van der Waals surface area contributed by atoms with E-state index in [2.05, 4.69) is 4.74 Å². The number of aliphatic hydroxyl groups is 1. The second-order valence-corrected chi connectivity index (χ2v) is 3.11. The third-order valence-electron chi connectivity index (χ3n) is 2.06. The molecule has 0 saturated heterocycles. The highest BCUT2D eigenvalue weighted by molar-refractivity contribution is 5.94. The van der Waals surface area contributed by atoms with Crippen LogP contribution in [0.3, 0.4) is 0 Å². The highest BCUT2D eigenvalue weighted by Gasteiger charge is 2.15. The van der Waals surface area contributed by atoms with Crippen LogP contribution in [0.5, 0.6) is 0 Å². The number of hydrogen-bond donors (Lipinski definition) is 1. The first kappa shape index (κ1) is 12.9. The molecular formula is C11H11NO5. The molecule has 0 radical (unpaired) electrons. The summed E-state index contributed by atoms with van der Waals surface area (Å²) in [6.07, 6.45) is 2.92. The van der Waals surface area contributed by atoms with Crippen molar-refractivity contribution in [1.29, 1.82) is 0 Å². The highest BCUT2D eigenvalue weighted by atomic mass is 16.6. The molecule has 6 heteroatoms. The van der Waals surface area contributed by atoms with E-state index in [0.29, 0.717) is 5.56 Å². The first-order valence-electron chi connectivity index (χ1n) is 4.74. The second-order valence-electron chi connectivity index (χ2n) is 3.11. The minimum atomic E-state index is -0.661. The Balaban J connectivity index is 3.26. The summed E-state index contributed by atoms with van der Waals surface area (Å²) in [7, 11) is 1.20. The van der Waals surface area contributed by atoms with Crippen molar-refractivity contribution in [2.24, 2.45) is 0 Å². The van der Waals surface area contributed by atoms with Crippen LogP contribution >= 0.6 is 0 Å². The molecule has 1 aromatic rings. The predicted octanol–water partition coefficient (Wildman–Crippen LogP) is 1.39. The van der Waals surface area contributed by atoms with E-state index in [-0.39, 0.29) is 17.9 Å². The van der Waals surface area contributed by atoms with Crippen LogP contribution in [0.1, 0.15) is 15.9 Å². The number of hydrogen-bond acceptors (Lipinski definition) is 5. The van der Waals surface area contributed by atoms with E-state index < -0.39 is 10.9 Å². The topological polar surface area (TPSA) is 89.7 Å². The van der Waals surface area contributed by atoms with Gasteiger partial charge in [0, 0.05) is 12.1 Å². The molecule has 0 aromatic heterocycles. The molecule has 0 unspecified atom stereocenters. The van der Waals surface area contributed by atoms with Crippen molar-refractivity contribution >= 4 is 17.7 Å². The number of nitrogens with zero attached hydrogens (tertiary/aromatic N) is 1. The van der Waals surface area contributed by atoms with Gasteiger partial charge < -0.3 is 9.84 Å². The minimum absolute atomic E-state index is 0.0893. The summed E-state index contributed by atoms with van der Waals surface area (Å²) >= 11 is 0. The first-order chi connectivity index (χ1) is 8.10. The summed E-state index contributed by atoms with van der Waals surface area (Å²) in [4.78, 5) is 21.4. The van der Waals surface area contributed by atoms with Gasteiger partial charge in [-0.1, -0.05) is 12.2 Å². The van der Waals surface area contributed by atoms with Crippen molar-refractivity contribution in [2.75, 3.05) is 13.7 Å². The quantitative estimate of drug-likeness (QED) is 0.485. The van der Waals surface area contributed by atoms with E-state index >= 15 is 0 Å². The smallest absolute Gasteiger partial charge is 0.338 e. The summed E-state index contributed by atoms with van der Waals surface area (Å²) in [6, 6.07) is 3.85. The molecular weight excluding hydrogens is 226 g/mol. The number of benzene rings is 1. The van der Waals surface area contributed by atoms with E-state index in [0.717, 1.165) is 6.07 Å². The molecule has 0 aliphatic carbocycles. The number of nitro groups is 1. The molecule has 90 valence electrons. The Labute approximate surface area is 97.3 Å². The monoisotopic (exact) mass is 237 g/mol. The molecule has 0 saturated carbocycles. The SMILES string of the molecule is COC(=O)c1cc([N+](=O)[O-])ccc1C=CCO. The zero-order chi connectivity index (χ0) is 12.8. The molecule has 6 nitrogen and oxygen atoms in total. The molecule has 1 aromatic carbocycles. The van der Waals surface area contributed by atoms with Gasteiger partial charge in [-0.25, -0.2) is 4.79 Å². The summed E-state index contributed by atoms with van der Waals surface area (Å²) in [6.45, 7) is -0.183. The third-order valence-corrected chi connectivity index (χ3v) is 2.06. The number of carbonyl (C=O) groups is 1. The van der Waals surface area contributed by atoms with Crippen molar-refractivity contribution in [2.45, 2.75) is 0 Å². The molecule has 0 atom stereocenters. The molecule has 1 rings (SSSR count). The molecule has 0 aliphatic rings. The van der Waals surface area contributed by atoms with E-state index in [4.69, 9.17) is 5.11 Å². The standard InChI is InChI=1S/C11H11NO5/c1-17-11(14)10-7-9(12(15)16)5-4-8(10)3-2-6-13/h2-5,7,13H,6H2,1H3. The number of non-ortho nitro benzene ring substituents is 1. The maximum atomic E-state index is 11.4. The van der Waals surface area contributed by atoms with Crippen LogP contribution in [-0.4, -0.2) is 29.7 Å². The van der Waals surface area contributed by atoms with Gasteiger partial charge in [0.25, 0.3) is 5.69 Å². The number of methoxy groups -OCH3 is 1. The zero-order valence-electron chi connectivity index (χ0n) is 9.12. The Morgan fingerprint density at radius 3 is 2.82 bits per heavy atom. The average Bonchev–Trinajstić information content (AvgIpc) is 2.35. The summed E-state index contributed by atoms with van der Waals surface area (Å²) in [5.41, 5.74) is 0.356. The molecule has 17 heavy (non-hydrogen) atoms. The maximum Gasteiger partial charge on any atom is 0.338 e. The molecule has 0 amide bonds. The Bertz CT molecular complexity index is 467. The summed E-state index contributed by atoms with van der Waals surface area (Å²) in [5, 5.41) is 19.2. The van der Waals surface area contributed by atoms with E-state index in [1.165, 1.54) is 31.4 Å². The Kier molecular flexibility index (Phi) is 4.36. The van der Waals surface area contributed by atoms with Crippen molar-refractivity contribution in [1.82, 2.24) is 0 Å².